The lowest BCUT2D eigenvalue weighted by atomic mass is 10.1. The molecule has 0 bridgehead atoms. The Kier molecular flexibility index (Phi) is 6.66. The molecule has 0 aliphatic carbocycles. The normalized spacial score (nSPS) is 18.3. The summed E-state index contributed by atoms with van der Waals surface area (Å²) in [5.41, 5.74) is 1.18. The van der Waals surface area contributed by atoms with Gasteiger partial charge in [0.05, 0.1) is 12.9 Å². The van der Waals surface area contributed by atoms with Crippen molar-refractivity contribution in [2.75, 3.05) is 19.7 Å². The smallest absolute Gasteiger partial charge is 0.221 e. The van der Waals surface area contributed by atoms with Crippen molar-refractivity contribution in [3.8, 4) is 5.75 Å². The Hall–Kier alpha value is -2.34. The number of rotatable bonds is 8. The third kappa shape index (κ3) is 5.33. The Bertz CT molecular complexity index is 687. The summed E-state index contributed by atoms with van der Waals surface area (Å²) >= 11 is 0. The molecule has 1 saturated heterocycles. The van der Waals surface area contributed by atoms with E-state index in [9.17, 15) is 4.79 Å². The Morgan fingerprint density at radius 1 is 1.31 bits per heavy atom. The molecule has 1 aromatic heterocycles. The van der Waals surface area contributed by atoms with E-state index in [1.807, 2.05) is 30.7 Å². The zero-order chi connectivity index (χ0) is 18.2. The van der Waals surface area contributed by atoms with Gasteiger partial charge in [0.1, 0.15) is 5.75 Å². The number of aromatic nitrogens is 2. The van der Waals surface area contributed by atoms with Gasteiger partial charge in [-0.25, -0.2) is 4.98 Å². The SMILES string of the molecule is CC1CNC(=O)CCN1Cc1ccccc1OCCCCn1ccnc1. The van der Waals surface area contributed by atoms with Crippen molar-refractivity contribution < 1.29 is 9.53 Å². The van der Waals surface area contributed by atoms with Crippen LogP contribution in [0.3, 0.4) is 0 Å². The highest BCUT2D eigenvalue weighted by molar-refractivity contribution is 5.76. The summed E-state index contributed by atoms with van der Waals surface area (Å²) in [6, 6.07) is 8.55. The van der Waals surface area contributed by atoms with Gasteiger partial charge < -0.3 is 14.6 Å². The molecular formula is C20H28N4O2. The Labute approximate surface area is 155 Å². The maximum absolute atomic E-state index is 11.6. The van der Waals surface area contributed by atoms with E-state index in [2.05, 4.69) is 32.8 Å². The van der Waals surface area contributed by atoms with Gasteiger partial charge in [-0.3, -0.25) is 9.69 Å². The Morgan fingerprint density at radius 2 is 2.19 bits per heavy atom. The molecule has 2 heterocycles. The summed E-state index contributed by atoms with van der Waals surface area (Å²) in [4.78, 5) is 18.0. The topological polar surface area (TPSA) is 59.4 Å². The lowest BCUT2D eigenvalue weighted by Gasteiger charge is -2.27. The molecule has 140 valence electrons. The number of unbranched alkanes of at least 4 members (excludes halogenated alkanes) is 1. The summed E-state index contributed by atoms with van der Waals surface area (Å²) < 4.78 is 8.14. The number of benzene rings is 1. The van der Waals surface area contributed by atoms with Crippen molar-refractivity contribution in [2.24, 2.45) is 0 Å². The second kappa shape index (κ2) is 9.38. The number of nitrogens with zero attached hydrogens (tertiary/aromatic N) is 3. The van der Waals surface area contributed by atoms with Crippen LogP contribution in [0.5, 0.6) is 5.75 Å². The standard InChI is InChI=1S/C20H28N4O2/c1-17-14-22-20(25)8-11-24(17)15-18-6-2-3-7-19(18)26-13-5-4-10-23-12-9-21-16-23/h2-3,6-7,9,12,16-17H,4-5,8,10-11,13-15H2,1H3,(H,22,25). The number of ether oxygens (including phenoxy) is 1. The van der Waals surface area contributed by atoms with E-state index in [0.29, 0.717) is 25.6 Å². The quantitative estimate of drug-likeness (QED) is 0.738. The van der Waals surface area contributed by atoms with Crippen LogP contribution < -0.4 is 10.1 Å². The van der Waals surface area contributed by atoms with E-state index in [-0.39, 0.29) is 5.91 Å². The molecule has 1 atom stereocenters. The predicted molar refractivity (Wildman–Crippen MR) is 101 cm³/mol. The van der Waals surface area contributed by atoms with Crippen LogP contribution in [0, 0.1) is 0 Å². The van der Waals surface area contributed by atoms with Gasteiger partial charge in [0, 0.05) is 56.6 Å². The number of carbonyl (C=O) groups is 1. The van der Waals surface area contributed by atoms with Gasteiger partial charge in [-0.1, -0.05) is 18.2 Å². The van der Waals surface area contributed by atoms with E-state index in [1.54, 1.807) is 6.20 Å². The summed E-state index contributed by atoms with van der Waals surface area (Å²) in [5, 5.41) is 2.97. The number of amides is 1. The second-order valence-corrected chi connectivity index (χ2v) is 6.84. The van der Waals surface area contributed by atoms with Crippen LogP contribution in [0.15, 0.2) is 43.0 Å². The van der Waals surface area contributed by atoms with Crippen molar-refractivity contribution in [2.45, 2.75) is 45.3 Å². The predicted octanol–water partition coefficient (Wildman–Crippen LogP) is 2.45. The van der Waals surface area contributed by atoms with Crippen LogP contribution in [-0.2, 0) is 17.9 Å². The third-order valence-corrected chi connectivity index (χ3v) is 4.82. The lowest BCUT2D eigenvalue weighted by molar-refractivity contribution is -0.120. The first-order valence-electron chi connectivity index (χ1n) is 9.39. The van der Waals surface area contributed by atoms with E-state index >= 15 is 0 Å². The average molecular weight is 356 g/mol. The van der Waals surface area contributed by atoms with Crippen LogP contribution in [-0.4, -0.2) is 46.1 Å². The third-order valence-electron chi connectivity index (χ3n) is 4.82. The zero-order valence-electron chi connectivity index (χ0n) is 15.4. The molecule has 1 aliphatic rings. The van der Waals surface area contributed by atoms with Crippen LogP contribution >= 0.6 is 0 Å². The maximum Gasteiger partial charge on any atom is 0.221 e. The molecule has 0 saturated carbocycles. The minimum atomic E-state index is 0.141. The highest BCUT2D eigenvalue weighted by atomic mass is 16.5. The molecule has 6 heteroatoms. The molecule has 1 unspecified atom stereocenters. The molecule has 3 rings (SSSR count). The van der Waals surface area contributed by atoms with E-state index in [4.69, 9.17) is 4.74 Å². The van der Waals surface area contributed by atoms with Crippen molar-refractivity contribution in [1.82, 2.24) is 19.8 Å². The molecule has 1 aromatic carbocycles. The number of hydrogen-bond donors (Lipinski definition) is 1. The summed E-state index contributed by atoms with van der Waals surface area (Å²) in [7, 11) is 0. The number of imidazole rings is 1. The number of para-hydroxylation sites is 1. The van der Waals surface area contributed by atoms with Crippen molar-refractivity contribution in [3.63, 3.8) is 0 Å². The molecule has 1 N–H and O–H groups in total. The summed E-state index contributed by atoms with van der Waals surface area (Å²) in [6.07, 6.45) is 8.26. The molecule has 6 nitrogen and oxygen atoms in total. The average Bonchev–Trinajstić information content (AvgIpc) is 3.12. The van der Waals surface area contributed by atoms with Gasteiger partial charge in [-0.05, 0) is 25.8 Å². The van der Waals surface area contributed by atoms with Crippen LogP contribution in [0.25, 0.3) is 0 Å². The first kappa shape index (κ1) is 18.5. The fraction of sp³-hybridized carbons (Fsp3) is 0.500. The molecule has 1 fully saturated rings. The molecule has 1 amide bonds. The van der Waals surface area contributed by atoms with Crippen molar-refractivity contribution >= 4 is 5.91 Å². The van der Waals surface area contributed by atoms with Gasteiger partial charge in [0.25, 0.3) is 0 Å². The van der Waals surface area contributed by atoms with Gasteiger partial charge in [-0.2, -0.15) is 0 Å². The fourth-order valence-corrected chi connectivity index (χ4v) is 3.17. The number of nitrogens with one attached hydrogen (secondary N) is 1. The first-order chi connectivity index (χ1) is 12.7. The van der Waals surface area contributed by atoms with Crippen molar-refractivity contribution in [1.29, 1.82) is 0 Å². The molecule has 1 aliphatic heterocycles. The first-order valence-corrected chi connectivity index (χ1v) is 9.39. The molecule has 2 aromatic rings. The fourth-order valence-electron chi connectivity index (χ4n) is 3.17. The van der Waals surface area contributed by atoms with Crippen molar-refractivity contribution in [3.05, 3.63) is 48.5 Å². The summed E-state index contributed by atoms with van der Waals surface area (Å²) in [5.74, 6) is 1.09. The monoisotopic (exact) mass is 356 g/mol. The van der Waals surface area contributed by atoms with Gasteiger partial charge in [0.15, 0.2) is 0 Å². The van der Waals surface area contributed by atoms with Crippen LogP contribution in [0.4, 0.5) is 0 Å². The largest absolute Gasteiger partial charge is 0.493 e. The number of carbonyl (C=O) groups excluding carboxylic acids is 1. The Morgan fingerprint density at radius 3 is 3.04 bits per heavy atom. The zero-order valence-corrected chi connectivity index (χ0v) is 15.4. The van der Waals surface area contributed by atoms with Gasteiger partial charge >= 0.3 is 0 Å². The molecule has 0 spiro atoms. The minimum Gasteiger partial charge on any atom is -0.493 e. The van der Waals surface area contributed by atoms with Gasteiger partial charge in [0.2, 0.25) is 5.91 Å². The molecule has 0 radical (unpaired) electrons. The highest BCUT2D eigenvalue weighted by Gasteiger charge is 2.21. The maximum atomic E-state index is 11.6. The van der Waals surface area contributed by atoms with E-state index in [1.165, 1.54) is 5.56 Å². The molecular weight excluding hydrogens is 328 g/mol. The minimum absolute atomic E-state index is 0.141. The van der Waals surface area contributed by atoms with Crippen LogP contribution in [0.1, 0.15) is 31.7 Å². The Balaban J connectivity index is 1.50. The number of aryl methyl sites for hydroxylation is 1. The number of hydrogen-bond acceptors (Lipinski definition) is 4. The summed E-state index contributed by atoms with van der Waals surface area (Å²) in [6.45, 7) is 6.13. The second-order valence-electron chi connectivity index (χ2n) is 6.84. The highest BCUT2D eigenvalue weighted by Crippen LogP contribution is 2.22. The molecule has 26 heavy (non-hydrogen) atoms. The van der Waals surface area contributed by atoms with E-state index < -0.39 is 0 Å². The van der Waals surface area contributed by atoms with Crippen LogP contribution in [0.2, 0.25) is 0 Å². The lowest BCUT2D eigenvalue weighted by Crippen LogP contribution is -2.37. The van der Waals surface area contributed by atoms with Gasteiger partial charge in [-0.15, -0.1) is 0 Å². The van der Waals surface area contributed by atoms with E-state index in [0.717, 1.165) is 38.2 Å².